The summed E-state index contributed by atoms with van der Waals surface area (Å²) in [6.07, 6.45) is 1.91. The van der Waals surface area contributed by atoms with Crippen LogP contribution in [0.5, 0.6) is 5.75 Å². The molecule has 4 heteroatoms. The first-order valence-electron chi connectivity index (χ1n) is 6.72. The molecule has 0 heterocycles. The second-order valence-corrected chi connectivity index (χ2v) is 4.62. The summed E-state index contributed by atoms with van der Waals surface area (Å²) in [4.78, 5) is 0. The Bertz CT molecular complexity index is 384. The van der Waals surface area contributed by atoms with Crippen LogP contribution in [-0.4, -0.2) is 26.9 Å². The summed E-state index contributed by atoms with van der Waals surface area (Å²) < 4.78 is 24.3. The van der Waals surface area contributed by atoms with Gasteiger partial charge < -0.3 is 14.8 Å². The van der Waals surface area contributed by atoms with Crippen molar-refractivity contribution in [3.8, 4) is 5.75 Å². The van der Waals surface area contributed by atoms with Crippen LogP contribution in [0.25, 0.3) is 0 Å². The van der Waals surface area contributed by atoms with E-state index in [-0.39, 0.29) is 18.0 Å². The number of rotatable bonds is 8. The van der Waals surface area contributed by atoms with E-state index >= 15 is 0 Å². The molecular formula is C15H24FNO2. The van der Waals surface area contributed by atoms with Gasteiger partial charge in [-0.15, -0.1) is 0 Å². The van der Waals surface area contributed by atoms with Crippen LogP contribution < -0.4 is 10.1 Å². The average molecular weight is 269 g/mol. The van der Waals surface area contributed by atoms with Gasteiger partial charge in [-0.05, 0) is 32.4 Å². The van der Waals surface area contributed by atoms with Gasteiger partial charge in [0.05, 0.1) is 13.2 Å². The molecule has 1 aromatic carbocycles. The lowest BCUT2D eigenvalue weighted by Gasteiger charge is -2.21. The van der Waals surface area contributed by atoms with Crippen LogP contribution in [0.2, 0.25) is 0 Å². The van der Waals surface area contributed by atoms with E-state index in [1.165, 1.54) is 13.2 Å². The third-order valence-electron chi connectivity index (χ3n) is 3.30. The van der Waals surface area contributed by atoms with Gasteiger partial charge in [-0.25, -0.2) is 4.39 Å². The molecular weight excluding hydrogens is 245 g/mol. The van der Waals surface area contributed by atoms with Gasteiger partial charge in [0, 0.05) is 24.8 Å². The van der Waals surface area contributed by atoms with Gasteiger partial charge in [-0.2, -0.15) is 0 Å². The molecule has 0 amide bonds. The van der Waals surface area contributed by atoms with Crippen LogP contribution in [-0.2, 0) is 4.74 Å². The summed E-state index contributed by atoms with van der Waals surface area (Å²) in [7, 11) is 3.23. The molecule has 0 saturated heterocycles. The zero-order chi connectivity index (χ0) is 14.3. The number of nitrogens with one attached hydrogen (secondary N) is 1. The first kappa shape index (κ1) is 15.9. The zero-order valence-electron chi connectivity index (χ0n) is 12.2. The van der Waals surface area contributed by atoms with Crippen molar-refractivity contribution in [3.63, 3.8) is 0 Å². The van der Waals surface area contributed by atoms with Crippen molar-refractivity contribution in [1.29, 1.82) is 0 Å². The Morgan fingerprint density at radius 1 is 1.26 bits per heavy atom. The van der Waals surface area contributed by atoms with E-state index in [9.17, 15) is 4.39 Å². The molecule has 0 aliphatic heterocycles. The first-order chi connectivity index (χ1) is 9.12. The quantitative estimate of drug-likeness (QED) is 0.785. The molecule has 2 unspecified atom stereocenters. The van der Waals surface area contributed by atoms with E-state index in [0.717, 1.165) is 19.4 Å². The molecule has 2 atom stereocenters. The summed E-state index contributed by atoms with van der Waals surface area (Å²) in [5.41, 5.74) is 0.686. The largest absolute Gasteiger partial charge is 0.497 e. The molecule has 0 aliphatic rings. The lowest BCUT2D eigenvalue weighted by atomic mass is 9.99. The highest BCUT2D eigenvalue weighted by Gasteiger charge is 2.16. The van der Waals surface area contributed by atoms with Crippen LogP contribution in [0.15, 0.2) is 18.2 Å². The van der Waals surface area contributed by atoms with Gasteiger partial charge in [0.2, 0.25) is 0 Å². The van der Waals surface area contributed by atoms with E-state index in [2.05, 4.69) is 5.32 Å². The maximum absolute atomic E-state index is 14.1. The SMILES string of the molecule is CCNC(CCC(C)OC)c1ccc(OC)cc1F. The zero-order valence-corrected chi connectivity index (χ0v) is 12.2. The van der Waals surface area contributed by atoms with E-state index in [4.69, 9.17) is 9.47 Å². The normalized spacial score (nSPS) is 14.2. The van der Waals surface area contributed by atoms with Crippen molar-refractivity contribution in [2.75, 3.05) is 20.8 Å². The number of benzene rings is 1. The average Bonchev–Trinajstić information content (AvgIpc) is 2.43. The Hall–Kier alpha value is -1.13. The minimum atomic E-state index is -0.227. The molecule has 1 aromatic rings. The highest BCUT2D eigenvalue weighted by Crippen LogP contribution is 2.25. The molecule has 1 N–H and O–H groups in total. The Morgan fingerprint density at radius 3 is 2.53 bits per heavy atom. The topological polar surface area (TPSA) is 30.5 Å². The summed E-state index contributed by atoms with van der Waals surface area (Å²) in [5, 5.41) is 3.32. The second-order valence-electron chi connectivity index (χ2n) is 4.62. The fraction of sp³-hybridized carbons (Fsp3) is 0.600. The molecule has 0 aromatic heterocycles. The Morgan fingerprint density at radius 2 is 2.00 bits per heavy atom. The van der Waals surface area contributed by atoms with Crippen LogP contribution in [0.1, 0.15) is 38.3 Å². The molecule has 19 heavy (non-hydrogen) atoms. The fourth-order valence-corrected chi connectivity index (χ4v) is 2.05. The maximum Gasteiger partial charge on any atom is 0.131 e. The summed E-state index contributed by atoms with van der Waals surface area (Å²) in [6.45, 7) is 4.85. The lowest BCUT2D eigenvalue weighted by molar-refractivity contribution is 0.106. The number of hydrogen-bond acceptors (Lipinski definition) is 3. The molecule has 0 radical (unpaired) electrons. The molecule has 0 fully saturated rings. The van der Waals surface area contributed by atoms with Gasteiger partial charge >= 0.3 is 0 Å². The summed E-state index contributed by atoms with van der Waals surface area (Å²) in [6, 6.07) is 5.02. The van der Waals surface area contributed by atoms with Gasteiger partial charge in [-0.3, -0.25) is 0 Å². The van der Waals surface area contributed by atoms with Gasteiger partial charge in [0.15, 0.2) is 0 Å². The third-order valence-corrected chi connectivity index (χ3v) is 3.30. The van der Waals surface area contributed by atoms with Gasteiger partial charge in [-0.1, -0.05) is 13.0 Å². The highest BCUT2D eigenvalue weighted by atomic mass is 19.1. The van der Waals surface area contributed by atoms with Crippen molar-refractivity contribution < 1.29 is 13.9 Å². The Labute approximate surface area is 115 Å². The summed E-state index contributed by atoms with van der Waals surface area (Å²) >= 11 is 0. The van der Waals surface area contributed by atoms with Crippen molar-refractivity contribution in [2.45, 2.75) is 38.8 Å². The lowest BCUT2D eigenvalue weighted by Crippen LogP contribution is -2.23. The van der Waals surface area contributed by atoms with Gasteiger partial charge in [0.1, 0.15) is 11.6 Å². The number of methoxy groups -OCH3 is 2. The molecule has 3 nitrogen and oxygen atoms in total. The molecule has 1 rings (SSSR count). The molecule has 108 valence electrons. The highest BCUT2D eigenvalue weighted by molar-refractivity contribution is 5.30. The van der Waals surface area contributed by atoms with Crippen LogP contribution >= 0.6 is 0 Å². The van der Waals surface area contributed by atoms with E-state index in [1.807, 2.05) is 13.8 Å². The Kier molecular flexibility index (Phi) is 6.81. The smallest absolute Gasteiger partial charge is 0.131 e. The third kappa shape index (κ3) is 4.80. The maximum atomic E-state index is 14.1. The predicted octanol–water partition coefficient (Wildman–Crippen LogP) is 3.30. The van der Waals surface area contributed by atoms with Crippen LogP contribution in [0, 0.1) is 5.82 Å². The minimum absolute atomic E-state index is 0.00788. The number of halogens is 1. The predicted molar refractivity (Wildman–Crippen MR) is 75.1 cm³/mol. The standard InChI is InChI=1S/C15H24FNO2/c1-5-17-15(9-6-11(2)18-3)13-8-7-12(19-4)10-14(13)16/h7-8,10-11,15,17H,5-6,9H2,1-4H3. The molecule has 0 saturated carbocycles. The summed E-state index contributed by atoms with van der Waals surface area (Å²) in [5.74, 6) is 0.317. The second kappa shape index (κ2) is 8.12. The number of ether oxygens (including phenoxy) is 2. The van der Waals surface area contributed by atoms with E-state index in [1.54, 1.807) is 19.2 Å². The van der Waals surface area contributed by atoms with Gasteiger partial charge in [0.25, 0.3) is 0 Å². The minimum Gasteiger partial charge on any atom is -0.497 e. The molecule has 0 spiro atoms. The fourth-order valence-electron chi connectivity index (χ4n) is 2.05. The van der Waals surface area contributed by atoms with E-state index in [0.29, 0.717) is 11.3 Å². The molecule has 0 aliphatic carbocycles. The molecule has 0 bridgehead atoms. The van der Waals surface area contributed by atoms with Crippen molar-refractivity contribution in [3.05, 3.63) is 29.6 Å². The van der Waals surface area contributed by atoms with E-state index < -0.39 is 0 Å². The van der Waals surface area contributed by atoms with Crippen LogP contribution in [0.4, 0.5) is 4.39 Å². The van der Waals surface area contributed by atoms with Crippen LogP contribution in [0.3, 0.4) is 0 Å². The first-order valence-corrected chi connectivity index (χ1v) is 6.72. The van der Waals surface area contributed by atoms with Crippen molar-refractivity contribution in [2.24, 2.45) is 0 Å². The number of hydrogen-bond donors (Lipinski definition) is 1. The van der Waals surface area contributed by atoms with Crippen molar-refractivity contribution >= 4 is 0 Å². The van der Waals surface area contributed by atoms with Crippen molar-refractivity contribution in [1.82, 2.24) is 5.32 Å². The Balaban J connectivity index is 2.80. The monoisotopic (exact) mass is 269 g/mol.